The number of carbonyl (C=O) groups is 1. The number of piperidine rings is 1. The highest BCUT2D eigenvalue weighted by atomic mass is 35.5. The number of nitrogens with zero attached hydrogens (tertiary/aromatic N) is 3. The van der Waals surface area contributed by atoms with Crippen molar-refractivity contribution in [2.24, 2.45) is 5.73 Å². The van der Waals surface area contributed by atoms with Crippen LogP contribution in [0.5, 0.6) is 0 Å². The Morgan fingerprint density at radius 1 is 1.19 bits per heavy atom. The van der Waals surface area contributed by atoms with Crippen LogP contribution >= 0.6 is 11.6 Å². The molecule has 6 heteroatoms. The molecule has 1 unspecified atom stereocenters. The Morgan fingerprint density at radius 3 is 2.46 bits per heavy atom. The predicted octanol–water partition coefficient (Wildman–Crippen LogP) is 1.76. The Bertz CT molecular complexity index is 622. The minimum Gasteiger partial charge on any atom is -0.341 e. The molecule has 1 aromatic rings. The number of hydrogen-bond acceptors (Lipinski definition) is 4. The predicted molar refractivity (Wildman–Crippen MR) is 107 cm³/mol. The first kappa shape index (κ1) is 19.6. The third-order valence-corrected chi connectivity index (χ3v) is 6.25. The van der Waals surface area contributed by atoms with Crippen molar-refractivity contribution in [3.63, 3.8) is 0 Å². The second-order valence-electron chi connectivity index (χ2n) is 7.79. The number of carbonyl (C=O) groups excluding carboxylic acids is 1. The van der Waals surface area contributed by atoms with Crippen LogP contribution in [-0.4, -0.2) is 79.0 Å². The number of rotatable bonds is 4. The van der Waals surface area contributed by atoms with E-state index in [1.165, 1.54) is 0 Å². The molecule has 2 saturated heterocycles. The lowest BCUT2D eigenvalue weighted by Crippen LogP contribution is -2.54. The number of hydrogen-bond donors (Lipinski definition) is 1. The molecule has 2 aliphatic heterocycles. The third-order valence-electron chi connectivity index (χ3n) is 5.83. The lowest BCUT2D eigenvalue weighted by molar-refractivity contribution is -0.134. The van der Waals surface area contributed by atoms with Crippen molar-refractivity contribution in [3.8, 4) is 0 Å². The Hall–Kier alpha value is -1.14. The van der Waals surface area contributed by atoms with Crippen molar-refractivity contribution < 1.29 is 4.79 Å². The fraction of sp³-hybridized carbons (Fsp3) is 0.650. The number of aryl methyl sites for hydroxylation is 1. The molecule has 144 valence electrons. The maximum atomic E-state index is 12.7. The van der Waals surface area contributed by atoms with Crippen LogP contribution in [0.4, 0.5) is 0 Å². The van der Waals surface area contributed by atoms with Crippen LogP contribution in [0.2, 0.25) is 5.02 Å². The van der Waals surface area contributed by atoms with E-state index in [0.717, 1.165) is 68.3 Å². The fourth-order valence-corrected chi connectivity index (χ4v) is 4.17. The fourth-order valence-electron chi connectivity index (χ4n) is 4.05. The topological polar surface area (TPSA) is 52.8 Å². The van der Waals surface area contributed by atoms with E-state index in [2.05, 4.69) is 16.8 Å². The van der Waals surface area contributed by atoms with Crippen LogP contribution in [0.25, 0.3) is 0 Å². The van der Waals surface area contributed by atoms with E-state index in [4.69, 9.17) is 17.3 Å². The molecule has 2 N–H and O–H groups in total. The van der Waals surface area contributed by atoms with Gasteiger partial charge in [-0.1, -0.05) is 23.7 Å². The summed E-state index contributed by atoms with van der Waals surface area (Å²) in [7, 11) is 2.18. The van der Waals surface area contributed by atoms with Gasteiger partial charge in [0.15, 0.2) is 0 Å². The summed E-state index contributed by atoms with van der Waals surface area (Å²) in [5, 5.41) is 0.750. The molecule has 26 heavy (non-hydrogen) atoms. The molecule has 2 fully saturated rings. The van der Waals surface area contributed by atoms with Crippen molar-refractivity contribution >= 4 is 17.5 Å². The number of halogens is 1. The van der Waals surface area contributed by atoms with Crippen LogP contribution in [0.15, 0.2) is 18.2 Å². The zero-order valence-electron chi connectivity index (χ0n) is 16.0. The van der Waals surface area contributed by atoms with Crippen LogP contribution in [0, 0.1) is 6.92 Å². The second-order valence-corrected chi connectivity index (χ2v) is 8.20. The zero-order valence-corrected chi connectivity index (χ0v) is 16.7. The van der Waals surface area contributed by atoms with Gasteiger partial charge in [0, 0.05) is 50.3 Å². The lowest BCUT2D eigenvalue weighted by Gasteiger charge is -2.42. The molecule has 1 aromatic carbocycles. The van der Waals surface area contributed by atoms with E-state index in [0.29, 0.717) is 12.5 Å². The SMILES string of the molecule is Cc1cc(CC(N)C(=O)N2CCC(N3CCN(C)CC3)CC2)ccc1Cl. The molecule has 0 spiro atoms. The molecule has 5 nitrogen and oxygen atoms in total. The quantitative estimate of drug-likeness (QED) is 0.867. The normalized spacial score (nSPS) is 21.8. The summed E-state index contributed by atoms with van der Waals surface area (Å²) in [6.07, 6.45) is 2.68. The van der Waals surface area contributed by atoms with Crippen molar-refractivity contribution in [3.05, 3.63) is 34.3 Å². The van der Waals surface area contributed by atoms with Gasteiger partial charge in [-0.3, -0.25) is 9.69 Å². The van der Waals surface area contributed by atoms with Gasteiger partial charge in [0.1, 0.15) is 0 Å². The Morgan fingerprint density at radius 2 is 1.85 bits per heavy atom. The summed E-state index contributed by atoms with van der Waals surface area (Å²) >= 11 is 6.07. The standard InChI is InChI=1S/C20H31ClN4O/c1-15-13-16(3-4-18(15)21)14-19(22)20(26)25-7-5-17(6-8-25)24-11-9-23(2)10-12-24/h3-4,13,17,19H,5-12,14,22H2,1-2H3. The number of amides is 1. The molecule has 0 aliphatic carbocycles. The van der Waals surface area contributed by atoms with Crippen LogP contribution in [0.1, 0.15) is 24.0 Å². The van der Waals surface area contributed by atoms with Gasteiger partial charge in [0.2, 0.25) is 5.91 Å². The average molecular weight is 379 g/mol. The van der Waals surface area contributed by atoms with Gasteiger partial charge in [-0.05, 0) is 50.4 Å². The van der Waals surface area contributed by atoms with Gasteiger partial charge < -0.3 is 15.5 Å². The van der Waals surface area contributed by atoms with E-state index in [-0.39, 0.29) is 5.91 Å². The minimum absolute atomic E-state index is 0.0782. The van der Waals surface area contributed by atoms with Crippen LogP contribution in [0.3, 0.4) is 0 Å². The summed E-state index contributed by atoms with van der Waals surface area (Å²) in [5.74, 6) is 0.0782. The Balaban J connectivity index is 1.48. The van der Waals surface area contributed by atoms with Gasteiger partial charge in [0.05, 0.1) is 6.04 Å². The summed E-state index contributed by atoms with van der Waals surface area (Å²) < 4.78 is 0. The summed E-state index contributed by atoms with van der Waals surface area (Å²) in [5.41, 5.74) is 8.32. The molecular formula is C20H31ClN4O. The zero-order chi connectivity index (χ0) is 18.7. The smallest absolute Gasteiger partial charge is 0.239 e. The second kappa shape index (κ2) is 8.70. The molecular weight excluding hydrogens is 348 g/mol. The van der Waals surface area contributed by atoms with Crippen molar-refractivity contribution in [1.82, 2.24) is 14.7 Å². The van der Waals surface area contributed by atoms with Crippen molar-refractivity contribution in [1.29, 1.82) is 0 Å². The Labute approximate surface area is 162 Å². The molecule has 2 aliphatic rings. The number of piperazine rings is 1. The largest absolute Gasteiger partial charge is 0.341 e. The van der Waals surface area contributed by atoms with Gasteiger partial charge in [0.25, 0.3) is 0 Å². The number of likely N-dealkylation sites (tertiary alicyclic amines) is 1. The molecule has 0 radical (unpaired) electrons. The van der Waals surface area contributed by atoms with Crippen LogP contribution in [-0.2, 0) is 11.2 Å². The summed E-state index contributed by atoms with van der Waals surface area (Å²) in [6.45, 7) is 8.19. The van der Waals surface area contributed by atoms with Crippen molar-refractivity contribution in [2.45, 2.75) is 38.3 Å². The molecule has 0 saturated carbocycles. The maximum absolute atomic E-state index is 12.7. The first-order chi connectivity index (χ1) is 12.4. The number of likely N-dealkylation sites (N-methyl/N-ethyl adjacent to an activating group) is 1. The third kappa shape index (κ3) is 4.77. The van der Waals surface area contributed by atoms with E-state index in [1.54, 1.807) is 0 Å². The van der Waals surface area contributed by atoms with E-state index >= 15 is 0 Å². The molecule has 3 rings (SSSR count). The average Bonchev–Trinajstić information content (AvgIpc) is 2.65. The highest BCUT2D eigenvalue weighted by Crippen LogP contribution is 2.20. The molecule has 0 bridgehead atoms. The monoisotopic (exact) mass is 378 g/mol. The van der Waals surface area contributed by atoms with E-state index in [9.17, 15) is 4.79 Å². The molecule has 2 heterocycles. The van der Waals surface area contributed by atoms with Gasteiger partial charge in [-0.15, -0.1) is 0 Å². The molecule has 1 amide bonds. The van der Waals surface area contributed by atoms with Gasteiger partial charge in [-0.2, -0.15) is 0 Å². The maximum Gasteiger partial charge on any atom is 0.239 e. The van der Waals surface area contributed by atoms with E-state index < -0.39 is 6.04 Å². The number of benzene rings is 1. The lowest BCUT2D eigenvalue weighted by atomic mass is 9.99. The summed E-state index contributed by atoms with van der Waals surface area (Å²) in [4.78, 5) is 19.7. The summed E-state index contributed by atoms with van der Waals surface area (Å²) in [6, 6.07) is 6.00. The molecule has 0 aromatic heterocycles. The van der Waals surface area contributed by atoms with Crippen LogP contribution < -0.4 is 5.73 Å². The van der Waals surface area contributed by atoms with Crippen molar-refractivity contribution in [2.75, 3.05) is 46.3 Å². The van der Waals surface area contributed by atoms with E-state index in [1.807, 2.05) is 30.0 Å². The first-order valence-corrected chi connectivity index (χ1v) is 10.0. The molecule has 1 atom stereocenters. The minimum atomic E-state index is -0.476. The Kier molecular flexibility index (Phi) is 6.56. The van der Waals surface area contributed by atoms with Gasteiger partial charge in [-0.25, -0.2) is 0 Å². The highest BCUT2D eigenvalue weighted by molar-refractivity contribution is 6.31. The van der Waals surface area contributed by atoms with Gasteiger partial charge >= 0.3 is 0 Å². The first-order valence-electron chi connectivity index (χ1n) is 9.66. The highest BCUT2D eigenvalue weighted by Gasteiger charge is 2.30. The number of nitrogens with two attached hydrogens (primary N) is 1.